The van der Waals surface area contributed by atoms with Gasteiger partial charge >= 0.3 is 5.97 Å². The number of esters is 1. The van der Waals surface area contributed by atoms with Crippen molar-refractivity contribution >= 4 is 5.97 Å². The van der Waals surface area contributed by atoms with Crippen LogP contribution in [0.1, 0.15) is 12.5 Å². The second-order valence-corrected chi connectivity index (χ2v) is 6.13. The summed E-state index contributed by atoms with van der Waals surface area (Å²) in [5.74, 6) is -2.28. The second kappa shape index (κ2) is 7.63. The van der Waals surface area contributed by atoms with E-state index in [4.69, 9.17) is 9.26 Å². The molecule has 7 nitrogen and oxygen atoms in total. The number of aromatic nitrogens is 4. The summed E-state index contributed by atoms with van der Waals surface area (Å²) in [7, 11) is 0. The van der Waals surface area contributed by atoms with Crippen molar-refractivity contribution in [1.29, 1.82) is 0 Å². The van der Waals surface area contributed by atoms with Crippen molar-refractivity contribution in [3.05, 3.63) is 72.0 Å². The summed E-state index contributed by atoms with van der Waals surface area (Å²) in [5, 5.41) is 8.38. The Morgan fingerprint density at radius 3 is 2.62 bits per heavy atom. The molecule has 0 aliphatic heterocycles. The standard InChI is InChI=1S/C20H14F2N4O3/c1-12(27)29-20-15(22)6-7-16(23-20)18-10-19(17-8-9-28-25-17)26(24-18)11-13-4-2-3-5-14(13)21/h2-10H,11H2,1H3. The molecule has 0 bridgehead atoms. The zero-order chi connectivity index (χ0) is 20.4. The van der Waals surface area contributed by atoms with Crippen LogP contribution < -0.4 is 4.74 Å². The molecule has 1 aromatic carbocycles. The Morgan fingerprint density at radius 2 is 1.90 bits per heavy atom. The van der Waals surface area contributed by atoms with E-state index in [0.717, 1.165) is 13.0 Å². The third-order valence-corrected chi connectivity index (χ3v) is 4.07. The molecule has 0 amide bonds. The number of benzene rings is 1. The average molecular weight is 396 g/mol. The first-order valence-electron chi connectivity index (χ1n) is 8.58. The van der Waals surface area contributed by atoms with Crippen LogP contribution in [-0.2, 0) is 11.3 Å². The topological polar surface area (TPSA) is 83.0 Å². The van der Waals surface area contributed by atoms with Gasteiger partial charge in [-0.15, -0.1) is 0 Å². The minimum atomic E-state index is -0.772. The number of rotatable bonds is 5. The Labute approximate surface area is 163 Å². The second-order valence-electron chi connectivity index (χ2n) is 6.13. The third kappa shape index (κ3) is 3.88. The molecule has 0 saturated heterocycles. The maximum atomic E-state index is 14.1. The van der Waals surface area contributed by atoms with E-state index in [0.29, 0.717) is 22.6 Å². The predicted octanol–water partition coefficient (Wildman–Crippen LogP) is 3.85. The number of ether oxygens (including phenoxy) is 1. The van der Waals surface area contributed by atoms with Crippen LogP contribution >= 0.6 is 0 Å². The van der Waals surface area contributed by atoms with Crippen LogP contribution in [0.3, 0.4) is 0 Å². The van der Waals surface area contributed by atoms with Gasteiger partial charge in [0.25, 0.3) is 5.88 Å². The van der Waals surface area contributed by atoms with Gasteiger partial charge in [0.2, 0.25) is 0 Å². The molecule has 0 atom stereocenters. The van der Waals surface area contributed by atoms with Crippen molar-refractivity contribution < 1.29 is 22.8 Å². The molecule has 0 radical (unpaired) electrons. The lowest BCUT2D eigenvalue weighted by Gasteiger charge is -2.06. The zero-order valence-electron chi connectivity index (χ0n) is 15.2. The molecule has 146 valence electrons. The van der Waals surface area contributed by atoms with Gasteiger partial charge in [0, 0.05) is 18.6 Å². The van der Waals surface area contributed by atoms with Gasteiger partial charge in [-0.25, -0.2) is 13.8 Å². The molecule has 9 heteroatoms. The van der Waals surface area contributed by atoms with Gasteiger partial charge in [-0.1, -0.05) is 23.4 Å². The normalized spacial score (nSPS) is 10.9. The summed E-state index contributed by atoms with van der Waals surface area (Å²) >= 11 is 0. The van der Waals surface area contributed by atoms with Gasteiger partial charge in [-0.05, 0) is 24.3 Å². The summed E-state index contributed by atoms with van der Waals surface area (Å²) < 4.78 is 39.2. The fourth-order valence-corrected chi connectivity index (χ4v) is 2.78. The van der Waals surface area contributed by atoms with E-state index < -0.39 is 17.7 Å². The zero-order valence-corrected chi connectivity index (χ0v) is 15.2. The third-order valence-electron chi connectivity index (χ3n) is 4.07. The van der Waals surface area contributed by atoms with Crippen LogP contribution in [0.2, 0.25) is 0 Å². The predicted molar refractivity (Wildman–Crippen MR) is 97.7 cm³/mol. The molecular weight excluding hydrogens is 382 g/mol. The van der Waals surface area contributed by atoms with Crippen molar-refractivity contribution in [1.82, 2.24) is 19.9 Å². The van der Waals surface area contributed by atoms with Crippen molar-refractivity contribution in [3.8, 4) is 28.7 Å². The summed E-state index contributed by atoms with van der Waals surface area (Å²) in [6, 6.07) is 12.2. The number of carbonyl (C=O) groups excluding carboxylic acids is 1. The monoisotopic (exact) mass is 396 g/mol. The van der Waals surface area contributed by atoms with Gasteiger partial charge in [0.1, 0.15) is 23.5 Å². The quantitative estimate of drug-likeness (QED) is 0.477. The van der Waals surface area contributed by atoms with E-state index in [1.54, 1.807) is 35.0 Å². The SMILES string of the molecule is CC(=O)Oc1nc(-c2cc(-c3ccon3)n(Cc3ccccc3F)n2)ccc1F. The average Bonchev–Trinajstić information content (AvgIpc) is 3.35. The molecule has 3 heterocycles. The number of hydrogen-bond donors (Lipinski definition) is 0. The van der Waals surface area contributed by atoms with E-state index >= 15 is 0 Å². The summed E-state index contributed by atoms with van der Waals surface area (Å²) in [6.07, 6.45) is 1.41. The van der Waals surface area contributed by atoms with Crippen molar-refractivity contribution in [2.24, 2.45) is 0 Å². The Bertz CT molecular complexity index is 1170. The fourth-order valence-electron chi connectivity index (χ4n) is 2.78. The van der Waals surface area contributed by atoms with E-state index in [1.165, 1.54) is 18.4 Å². The highest BCUT2D eigenvalue weighted by molar-refractivity contribution is 5.69. The lowest BCUT2D eigenvalue weighted by molar-refractivity contribution is -0.132. The van der Waals surface area contributed by atoms with Gasteiger partial charge < -0.3 is 9.26 Å². The maximum absolute atomic E-state index is 14.1. The van der Waals surface area contributed by atoms with Gasteiger partial charge in [0.15, 0.2) is 5.82 Å². The highest BCUT2D eigenvalue weighted by atomic mass is 19.1. The smallest absolute Gasteiger partial charge is 0.309 e. The van der Waals surface area contributed by atoms with E-state index in [2.05, 4.69) is 15.2 Å². The largest absolute Gasteiger partial charge is 0.404 e. The highest BCUT2D eigenvalue weighted by Crippen LogP contribution is 2.27. The molecule has 0 N–H and O–H groups in total. The number of halogens is 2. The molecule has 4 rings (SSSR count). The molecule has 0 saturated carbocycles. The van der Waals surface area contributed by atoms with Crippen LogP contribution in [0.5, 0.6) is 5.88 Å². The Balaban J connectivity index is 1.78. The van der Waals surface area contributed by atoms with Crippen LogP contribution in [0, 0.1) is 11.6 Å². The van der Waals surface area contributed by atoms with E-state index in [9.17, 15) is 13.6 Å². The first kappa shape index (κ1) is 18.5. The lowest BCUT2D eigenvalue weighted by atomic mass is 10.2. The summed E-state index contributed by atoms with van der Waals surface area (Å²) in [4.78, 5) is 15.2. The molecule has 0 unspecified atom stereocenters. The maximum Gasteiger partial charge on any atom is 0.309 e. The Morgan fingerprint density at radius 1 is 1.07 bits per heavy atom. The van der Waals surface area contributed by atoms with Crippen LogP contribution in [-0.4, -0.2) is 25.9 Å². The molecule has 4 aromatic rings. The Hall–Kier alpha value is -3.88. The molecular formula is C20H14F2N4O3. The number of hydrogen-bond acceptors (Lipinski definition) is 6. The van der Waals surface area contributed by atoms with Crippen molar-refractivity contribution in [2.75, 3.05) is 0 Å². The fraction of sp³-hybridized carbons (Fsp3) is 0.100. The molecule has 0 spiro atoms. The molecule has 0 fully saturated rings. The first-order chi connectivity index (χ1) is 14.0. The lowest BCUT2D eigenvalue weighted by Crippen LogP contribution is -2.06. The van der Waals surface area contributed by atoms with Gasteiger partial charge in [0.05, 0.1) is 17.9 Å². The Kier molecular flexibility index (Phi) is 4.86. The number of nitrogens with zero attached hydrogens (tertiary/aromatic N) is 4. The summed E-state index contributed by atoms with van der Waals surface area (Å²) in [6.45, 7) is 1.28. The molecule has 3 aromatic heterocycles. The van der Waals surface area contributed by atoms with Crippen LogP contribution in [0.25, 0.3) is 22.8 Å². The molecule has 0 aliphatic carbocycles. The van der Waals surface area contributed by atoms with Crippen molar-refractivity contribution in [2.45, 2.75) is 13.5 Å². The first-order valence-corrected chi connectivity index (χ1v) is 8.58. The van der Waals surface area contributed by atoms with Gasteiger partial charge in [-0.3, -0.25) is 9.48 Å². The minimum Gasteiger partial charge on any atom is -0.404 e. The number of pyridine rings is 1. The van der Waals surface area contributed by atoms with Crippen LogP contribution in [0.15, 0.2) is 59.3 Å². The van der Waals surface area contributed by atoms with Crippen LogP contribution in [0.4, 0.5) is 8.78 Å². The number of carbonyl (C=O) groups is 1. The molecule has 0 aliphatic rings. The summed E-state index contributed by atoms with van der Waals surface area (Å²) in [5.41, 5.74) is 2.12. The molecule has 29 heavy (non-hydrogen) atoms. The highest BCUT2D eigenvalue weighted by Gasteiger charge is 2.18. The van der Waals surface area contributed by atoms with E-state index in [1.807, 2.05) is 0 Å². The van der Waals surface area contributed by atoms with Gasteiger partial charge in [-0.2, -0.15) is 5.10 Å². The van der Waals surface area contributed by atoms with E-state index in [-0.39, 0.29) is 18.1 Å². The van der Waals surface area contributed by atoms with Crippen molar-refractivity contribution in [3.63, 3.8) is 0 Å². The minimum absolute atomic E-state index is 0.132.